The SMILES string of the molecule is CCn1c(COc2ccc(Br)cc2)nnc1SCC(=O)Nc1sc(C)c(C)c1C(=O)OC. The molecule has 1 aromatic carbocycles. The minimum Gasteiger partial charge on any atom is -0.486 e. The van der Waals surface area contributed by atoms with E-state index in [0.29, 0.717) is 28.1 Å². The first-order valence-electron chi connectivity index (χ1n) is 9.75. The Bertz CT molecular complexity index is 1110. The van der Waals surface area contributed by atoms with Crippen LogP contribution in [0.5, 0.6) is 5.75 Å². The van der Waals surface area contributed by atoms with Crippen molar-refractivity contribution in [3.8, 4) is 5.75 Å². The standard InChI is InChI=1S/C21H23BrN4O4S2/c1-5-26-16(10-30-15-8-6-14(22)7-9-15)24-25-21(26)31-11-17(27)23-19-18(20(28)29-4)12(2)13(3)32-19/h6-9H,5,10-11H2,1-4H3,(H,23,27). The highest BCUT2D eigenvalue weighted by Crippen LogP contribution is 2.33. The Kier molecular flexibility index (Phi) is 8.32. The van der Waals surface area contributed by atoms with Crippen molar-refractivity contribution in [3.63, 3.8) is 0 Å². The van der Waals surface area contributed by atoms with E-state index < -0.39 is 5.97 Å². The molecule has 0 fully saturated rings. The van der Waals surface area contributed by atoms with Crippen LogP contribution < -0.4 is 10.1 Å². The molecule has 2 aromatic heterocycles. The van der Waals surface area contributed by atoms with Gasteiger partial charge in [0.15, 0.2) is 11.0 Å². The molecule has 11 heteroatoms. The van der Waals surface area contributed by atoms with Gasteiger partial charge in [-0.1, -0.05) is 27.7 Å². The number of hydrogen-bond acceptors (Lipinski definition) is 8. The third kappa shape index (κ3) is 5.70. The van der Waals surface area contributed by atoms with E-state index in [2.05, 4.69) is 31.4 Å². The first-order valence-corrected chi connectivity index (χ1v) is 12.3. The first-order chi connectivity index (χ1) is 15.3. The first kappa shape index (κ1) is 24.3. The average molecular weight is 539 g/mol. The van der Waals surface area contributed by atoms with Gasteiger partial charge in [0.1, 0.15) is 17.4 Å². The van der Waals surface area contributed by atoms with Crippen molar-refractivity contribution in [2.24, 2.45) is 0 Å². The second-order valence-electron chi connectivity index (χ2n) is 6.70. The fraction of sp³-hybridized carbons (Fsp3) is 0.333. The summed E-state index contributed by atoms with van der Waals surface area (Å²) in [4.78, 5) is 25.6. The van der Waals surface area contributed by atoms with E-state index in [-0.39, 0.29) is 18.3 Å². The van der Waals surface area contributed by atoms with Gasteiger partial charge in [-0.25, -0.2) is 4.79 Å². The van der Waals surface area contributed by atoms with Crippen LogP contribution in [0.15, 0.2) is 33.9 Å². The largest absolute Gasteiger partial charge is 0.486 e. The van der Waals surface area contributed by atoms with Crippen LogP contribution in [0, 0.1) is 13.8 Å². The number of nitrogens with zero attached hydrogens (tertiary/aromatic N) is 3. The van der Waals surface area contributed by atoms with Crippen LogP contribution in [0.1, 0.15) is 33.5 Å². The molecule has 0 unspecified atom stereocenters. The Morgan fingerprint density at radius 2 is 1.94 bits per heavy atom. The lowest BCUT2D eigenvalue weighted by atomic mass is 10.1. The van der Waals surface area contributed by atoms with E-state index in [1.54, 1.807) is 0 Å². The molecular formula is C21H23BrN4O4S2. The van der Waals surface area contributed by atoms with E-state index in [1.807, 2.05) is 49.6 Å². The number of rotatable bonds is 9. The Hall–Kier alpha value is -2.37. The van der Waals surface area contributed by atoms with Crippen molar-refractivity contribution in [1.29, 1.82) is 0 Å². The molecule has 0 saturated carbocycles. The van der Waals surface area contributed by atoms with Gasteiger partial charge in [-0.05, 0) is 50.6 Å². The summed E-state index contributed by atoms with van der Waals surface area (Å²) < 4.78 is 13.5. The lowest BCUT2D eigenvalue weighted by molar-refractivity contribution is -0.113. The van der Waals surface area contributed by atoms with Gasteiger partial charge >= 0.3 is 5.97 Å². The molecule has 0 bridgehead atoms. The summed E-state index contributed by atoms with van der Waals surface area (Å²) in [6.45, 7) is 6.64. The molecule has 1 N–H and O–H groups in total. The van der Waals surface area contributed by atoms with E-state index >= 15 is 0 Å². The van der Waals surface area contributed by atoms with Crippen molar-refractivity contribution >= 4 is 55.9 Å². The smallest absolute Gasteiger partial charge is 0.341 e. The van der Waals surface area contributed by atoms with Crippen molar-refractivity contribution in [1.82, 2.24) is 14.8 Å². The maximum atomic E-state index is 12.6. The third-order valence-corrected chi connectivity index (χ3v) is 7.27. The number of esters is 1. The van der Waals surface area contributed by atoms with Crippen LogP contribution in [0.2, 0.25) is 0 Å². The molecule has 1 amide bonds. The van der Waals surface area contributed by atoms with Gasteiger partial charge in [0, 0.05) is 15.9 Å². The Morgan fingerprint density at radius 1 is 1.22 bits per heavy atom. The summed E-state index contributed by atoms with van der Waals surface area (Å²) in [6, 6.07) is 7.55. The maximum Gasteiger partial charge on any atom is 0.341 e. The number of carbonyl (C=O) groups excluding carboxylic acids is 2. The number of methoxy groups -OCH3 is 1. The van der Waals surface area contributed by atoms with E-state index in [4.69, 9.17) is 9.47 Å². The van der Waals surface area contributed by atoms with Crippen LogP contribution >= 0.6 is 39.0 Å². The molecule has 0 radical (unpaired) electrons. The van der Waals surface area contributed by atoms with Crippen molar-refractivity contribution in [2.45, 2.75) is 39.1 Å². The Morgan fingerprint density at radius 3 is 2.59 bits per heavy atom. The number of nitrogens with one attached hydrogen (secondary N) is 1. The number of aromatic nitrogens is 3. The summed E-state index contributed by atoms with van der Waals surface area (Å²) in [7, 11) is 1.33. The molecular weight excluding hydrogens is 516 g/mol. The van der Waals surface area contributed by atoms with Crippen LogP contribution in [0.25, 0.3) is 0 Å². The highest BCUT2D eigenvalue weighted by molar-refractivity contribution is 9.10. The number of benzene rings is 1. The van der Waals surface area contributed by atoms with Gasteiger partial charge in [-0.2, -0.15) is 0 Å². The van der Waals surface area contributed by atoms with E-state index in [0.717, 1.165) is 20.7 Å². The zero-order valence-corrected chi connectivity index (χ0v) is 21.3. The van der Waals surface area contributed by atoms with Crippen LogP contribution in [-0.2, 0) is 22.7 Å². The number of ether oxygens (including phenoxy) is 2. The lowest BCUT2D eigenvalue weighted by Crippen LogP contribution is -2.16. The fourth-order valence-corrected chi connectivity index (χ4v) is 5.03. The summed E-state index contributed by atoms with van der Waals surface area (Å²) in [5, 5.41) is 12.4. The predicted molar refractivity (Wildman–Crippen MR) is 129 cm³/mol. The zero-order valence-electron chi connectivity index (χ0n) is 18.1. The number of thiophene rings is 1. The minimum absolute atomic E-state index is 0.127. The summed E-state index contributed by atoms with van der Waals surface area (Å²) in [5.41, 5.74) is 1.21. The topological polar surface area (TPSA) is 95.3 Å². The molecule has 8 nitrogen and oxygen atoms in total. The lowest BCUT2D eigenvalue weighted by Gasteiger charge is -2.09. The zero-order chi connectivity index (χ0) is 23.3. The maximum absolute atomic E-state index is 12.6. The molecule has 0 aliphatic carbocycles. The van der Waals surface area contributed by atoms with Gasteiger partial charge in [-0.15, -0.1) is 21.5 Å². The predicted octanol–water partition coefficient (Wildman–Crippen LogP) is 4.84. The van der Waals surface area contributed by atoms with Gasteiger partial charge in [0.05, 0.1) is 18.4 Å². The van der Waals surface area contributed by atoms with Gasteiger partial charge in [0.25, 0.3) is 0 Å². The molecule has 3 aromatic rings. The van der Waals surface area contributed by atoms with Crippen molar-refractivity contribution in [2.75, 3.05) is 18.2 Å². The molecule has 0 spiro atoms. The van der Waals surface area contributed by atoms with E-state index in [9.17, 15) is 9.59 Å². The number of anilines is 1. The molecule has 0 aliphatic heterocycles. The summed E-state index contributed by atoms with van der Waals surface area (Å²) in [6.07, 6.45) is 0. The van der Waals surface area contributed by atoms with Crippen molar-refractivity contribution in [3.05, 3.63) is 50.6 Å². The third-order valence-electron chi connectivity index (χ3n) is 4.65. The molecule has 0 atom stereocenters. The second kappa shape index (κ2) is 11.0. The number of hydrogen-bond donors (Lipinski definition) is 1. The monoisotopic (exact) mass is 538 g/mol. The molecule has 3 rings (SSSR count). The number of carbonyl (C=O) groups is 2. The normalized spacial score (nSPS) is 10.8. The minimum atomic E-state index is -0.462. The van der Waals surface area contributed by atoms with E-state index in [1.165, 1.54) is 30.2 Å². The summed E-state index contributed by atoms with van der Waals surface area (Å²) >= 11 is 6.03. The number of halogens is 1. The molecule has 32 heavy (non-hydrogen) atoms. The Labute approximate surface area is 202 Å². The Balaban J connectivity index is 1.62. The summed E-state index contributed by atoms with van der Waals surface area (Å²) in [5.74, 6) is 0.837. The van der Waals surface area contributed by atoms with Crippen LogP contribution in [0.3, 0.4) is 0 Å². The quantitative estimate of drug-likeness (QED) is 0.307. The fourth-order valence-electron chi connectivity index (χ4n) is 2.88. The van der Waals surface area contributed by atoms with Gasteiger partial charge < -0.3 is 19.4 Å². The highest BCUT2D eigenvalue weighted by Gasteiger charge is 2.22. The molecule has 2 heterocycles. The second-order valence-corrected chi connectivity index (χ2v) is 9.78. The average Bonchev–Trinajstić information content (AvgIpc) is 3.30. The van der Waals surface area contributed by atoms with Gasteiger partial charge in [-0.3, -0.25) is 4.79 Å². The van der Waals surface area contributed by atoms with Crippen LogP contribution in [0.4, 0.5) is 5.00 Å². The molecule has 0 aliphatic rings. The number of thioether (sulfide) groups is 1. The molecule has 170 valence electrons. The number of aryl methyl sites for hydroxylation is 1. The highest BCUT2D eigenvalue weighted by atomic mass is 79.9. The molecule has 0 saturated heterocycles. The van der Waals surface area contributed by atoms with Crippen LogP contribution in [-0.4, -0.2) is 39.5 Å². The van der Waals surface area contributed by atoms with Crippen molar-refractivity contribution < 1.29 is 19.1 Å². The van der Waals surface area contributed by atoms with Gasteiger partial charge in [0.2, 0.25) is 5.91 Å². The number of amides is 1.